The number of esters is 1. The molecule has 0 N–H and O–H groups in total. The lowest BCUT2D eigenvalue weighted by Crippen LogP contribution is -2.36. The lowest BCUT2D eigenvalue weighted by atomic mass is 10.4. The molecule has 40 valence electrons. The van der Waals surface area contributed by atoms with E-state index in [4.69, 9.17) is 0 Å². The molecule has 0 amide bonds. The molecule has 0 aromatic heterocycles. The second-order valence-electron chi connectivity index (χ2n) is 1.35. The highest BCUT2D eigenvalue weighted by Crippen LogP contribution is 2.16. The highest BCUT2D eigenvalue weighted by molar-refractivity contribution is 8.00. The summed E-state index contributed by atoms with van der Waals surface area (Å²) in [6, 6.07) is 0. The van der Waals surface area contributed by atoms with Gasteiger partial charge in [-0.2, -0.15) is 0 Å². The molecule has 1 saturated heterocycles. The molecule has 1 unspecified atom stereocenters. The van der Waals surface area contributed by atoms with Crippen molar-refractivity contribution in [2.75, 3.05) is 12.9 Å². The zero-order chi connectivity index (χ0) is 5.28. The van der Waals surface area contributed by atoms with Gasteiger partial charge in [0.15, 0.2) is 0 Å². The monoisotopic (exact) mass is 118 g/mol. The average Bonchev–Trinajstić information content (AvgIpc) is 1.65. The highest BCUT2D eigenvalue weighted by atomic mass is 32.2. The van der Waals surface area contributed by atoms with Crippen LogP contribution in [-0.2, 0) is 9.53 Å². The Labute approximate surface area is 46.2 Å². The van der Waals surface area contributed by atoms with E-state index in [1.54, 1.807) is 11.8 Å². The fourth-order valence-corrected chi connectivity index (χ4v) is 0.848. The Hall–Kier alpha value is -0.180. The van der Waals surface area contributed by atoms with Gasteiger partial charge < -0.3 is 4.74 Å². The van der Waals surface area contributed by atoms with E-state index in [0.29, 0.717) is 6.61 Å². The van der Waals surface area contributed by atoms with E-state index in [-0.39, 0.29) is 11.2 Å². The van der Waals surface area contributed by atoms with Crippen LogP contribution in [0.2, 0.25) is 0 Å². The van der Waals surface area contributed by atoms with Crippen LogP contribution < -0.4 is 0 Å². The summed E-state index contributed by atoms with van der Waals surface area (Å²) in [7, 11) is 0. The molecule has 0 spiro atoms. The summed E-state index contributed by atoms with van der Waals surface area (Å²) >= 11 is 1.55. The van der Waals surface area contributed by atoms with E-state index in [1.165, 1.54) is 0 Å². The first-order valence-corrected chi connectivity index (χ1v) is 3.33. The summed E-state index contributed by atoms with van der Waals surface area (Å²) < 4.78 is 4.47. The number of hydrogen-bond donors (Lipinski definition) is 0. The molecule has 0 bridgehead atoms. The number of rotatable bonds is 1. The van der Waals surface area contributed by atoms with Gasteiger partial charge in [0.25, 0.3) is 0 Å². The van der Waals surface area contributed by atoms with Crippen LogP contribution >= 0.6 is 11.8 Å². The van der Waals surface area contributed by atoms with Crippen LogP contribution in [0.3, 0.4) is 0 Å². The number of cyclic esters (lactones) is 1. The van der Waals surface area contributed by atoms with Crippen molar-refractivity contribution in [1.29, 1.82) is 0 Å². The van der Waals surface area contributed by atoms with Gasteiger partial charge in [-0.15, -0.1) is 11.8 Å². The molecule has 1 atom stereocenters. The fraction of sp³-hybridized carbons (Fsp3) is 0.750. The summed E-state index contributed by atoms with van der Waals surface area (Å²) in [5, 5.41) is 0.139. The summed E-state index contributed by atoms with van der Waals surface area (Å²) in [6.07, 6.45) is 1.91. The maximum atomic E-state index is 10.2. The smallest absolute Gasteiger partial charge is 0.322 e. The van der Waals surface area contributed by atoms with Gasteiger partial charge in [0.2, 0.25) is 0 Å². The minimum absolute atomic E-state index is 0.0625. The van der Waals surface area contributed by atoms with Gasteiger partial charge in [-0.1, -0.05) is 0 Å². The van der Waals surface area contributed by atoms with Gasteiger partial charge in [0.05, 0.1) is 0 Å². The van der Waals surface area contributed by atoms with Crippen LogP contribution in [0.15, 0.2) is 0 Å². The first kappa shape index (κ1) is 4.97. The molecule has 7 heavy (non-hydrogen) atoms. The Morgan fingerprint density at radius 2 is 2.71 bits per heavy atom. The quantitative estimate of drug-likeness (QED) is 0.462. The average molecular weight is 118 g/mol. The number of carbonyl (C=O) groups excluding carboxylic acids is 1. The Morgan fingerprint density at radius 1 is 2.00 bits per heavy atom. The van der Waals surface area contributed by atoms with E-state index >= 15 is 0 Å². The molecule has 1 aliphatic rings. The summed E-state index contributed by atoms with van der Waals surface area (Å²) in [5.41, 5.74) is 0. The minimum Gasteiger partial charge on any atom is -0.463 e. The van der Waals surface area contributed by atoms with E-state index in [9.17, 15) is 4.79 Å². The summed E-state index contributed by atoms with van der Waals surface area (Å²) in [5.74, 6) is -0.0625. The molecule has 1 rings (SSSR count). The van der Waals surface area contributed by atoms with Crippen molar-refractivity contribution in [3.63, 3.8) is 0 Å². The van der Waals surface area contributed by atoms with Crippen LogP contribution in [0.1, 0.15) is 0 Å². The highest BCUT2D eigenvalue weighted by Gasteiger charge is 2.28. The van der Waals surface area contributed by atoms with E-state index in [0.717, 1.165) is 0 Å². The number of hydrogen-bond acceptors (Lipinski definition) is 3. The molecule has 1 fully saturated rings. The van der Waals surface area contributed by atoms with Crippen molar-refractivity contribution in [1.82, 2.24) is 0 Å². The minimum atomic E-state index is -0.0625. The third kappa shape index (κ3) is 0.725. The third-order valence-corrected chi connectivity index (χ3v) is 1.82. The zero-order valence-corrected chi connectivity index (χ0v) is 4.83. The van der Waals surface area contributed by atoms with Crippen LogP contribution in [0.4, 0.5) is 0 Å². The maximum absolute atomic E-state index is 10.2. The third-order valence-electron chi connectivity index (χ3n) is 0.924. The lowest BCUT2D eigenvalue weighted by Gasteiger charge is -2.21. The van der Waals surface area contributed by atoms with Crippen molar-refractivity contribution in [2.24, 2.45) is 0 Å². The fourth-order valence-electron chi connectivity index (χ4n) is 0.384. The first-order chi connectivity index (χ1) is 3.34. The largest absolute Gasteiger partial charge is 0.463 e. The van der Waals surface area contributed by atoms with E-state index in [1.807, 2.05) is 6.26 Å². The predicted molar refractivity (Wildman–Crippen MR) is 28.3 cm³/mol. The van der Waals surface area contributed by atoms with Crippen molar-refractivity contribution in [2.45, 2.75) is 5.25 Å². The molecule has 1 aliphatic heterocycles. The second kappa shape index (κ2) is 1.74. The second-order valence-corrected chi connectivity index (χ2v) is 2.39. The molecule has 0 radical (unpaired) electrons. The Morgan fingerprint density at radius 3 is 2.71 bits per heavy atom. The molecule has 0 saturated carbocycles. The molecule has 2 nitrogen and oxygen atoms in total. The number of thioether (sulfide) groups is 1. The SMILES string of the molecule is CSC1COC1=O. The van der Waals surface area contributed by atoms with Gasteiger partial charge in [0, 0.05) is 0 Å². The maximum Gasteiger partial charge on any atom is 0.322 e. The van der Waals surface area contributed by atoms with Crippen molar-refractivity contribution in [3.05, 3.63) is 0 Å². The van der Waals surface area contributed by atoms with E-state index in [2.05, 4.69) is 4.74 Å². The molecule has 3 heteroatoms. The van der Waals surface area contributed by atoms with Gasteiger partial charge in [-0.25, -0.2) is 0 Å². The molecule has 1 heterocycles. The molecular weight excluding hydrogens is 112 g/mol. The standard InChI is InChI=1S/C4H6O2S/c1-7-3-2-6-4(3)5/h3H,2H2,1H3. The predicted octanol–water partition coefficient (Wildman–Crippen LogP) is 0.275. The number of carbonyl (C=O) groups is 1. The molecule has 0 aromatic carbocycles. The van der Waals surface area contributed by atoms with Crippen molar-refractivity contribution < 1.29 is 9.53 Å². The van der Waals surface area contributed by atoms with Gasteiger partial charge in [0.1, 0.15) is 11.9 Å². The lowest BCUT2D eigenvalue weighted by molar-refractivity contribution is -0.155. The van der Waals surface area contributed by atoms with Crippen LogP contribution in [-0.4, -0.2) is 24.1 Å². The topological polar surface area (TPSA) is 26.3 Å². The van der Waals surface area contributed by atoms with Gasteiger partial charge >= 0.3 is 5.97 Å². The number of ether oxygens (including phenoxy) is 1. The van der Waals surface area contributed by atoms with Gasteiger partial charge in [-0.05, 0) is 6.26 Å². The molecular formula is C4H6O2S. The first-order valence-electron chi connectivity index (χ1n) is 2.04. The van der Waals surface area contributed by atoms with Crippen LogP contribution in [0.25, 0.3) is 0 Å². The molecule has 0 aromatic rings. The Bertz CT molecular complexity index is 89.7. The normalized spacial score (nSPS) is 28.7. The van der Waals surface area contributed by atoms with Gasteiger partial charge in [-0.3, -0.25) is 4.79 Å². The van der Waals surface area contributed by atoms with Crippen molar-refractivity contribution >= 4 is 17.7 Å². The summed E-state index contributed by atoms with van der Waals surface area (Å²) in [6.45, 7) is 0.611. The molecule has 0 aliphatic carbocycles. The summed E-state index contributed by atoms with van der Waals surface area (Å²) in [4.78, 5) is 10.2. The Balaban J connectivity index is 2.29. The van der Waals surface area contributed by atoms with Crippen molar-refractivity contribution in [3.8, 4) is 0 Å². The van der Waals surface area contributed by atoms with Crippen LogP contribution in [0.5, 0.6) is 0 Å². The van der Waals surface area contributed by atoms with E-state index < -0.39 is 0 Å². The van der Waals surface area contributed by atoms with Crippen LogP contribution in [0, 0.1) is 0 Å². The Kier molecular flexibility index (Phi) is 1.23. The zero-order valence-electron chi connectivity index (χ0n) is 4.01.